The predicted octanol–water partition coefficient (Wildman–Crippen LogP) is 1.47. The molecule has 0 aliphatic carbocycles. The predicted molar refractivity (Wildman–Crippen MR) is 60.9 cm³/mol. The second kappa shape index (κ2) is 5.98. The fourth-order valence-corrected chi connectivity index (χ4v) is 2.26. The van der Waals surface area contributed by atoms with Gasteiger partial charge in [-0.25, -0.2) is 8.42 Å². The van der Waals surface area contributed by atoms with Crippen molar-refractivity contribution in [2.24, 2.45) is 0 Å². The number of rotatable bonds is 6. The van der Waals surface area contributed by atoms with Gasteiger partial charge >= 0.3 is 0 Å². The van der Waals surface area contributed by atoms with E-state index < -0.39 is 9.84 Å². The summed E-state index contributed by atoms with van der Waals surface area (Å²) in [4.78, 5) is 0.323. The zero-order valence-electron chi connectivity index (χ0n) is 9.42. The molecule has 90 valence electrons. The highest BCUT2D eigenvalue weighted by molar-refractivity contribution is 7.91. The van der Waals surface area contributed by atoms with Crippen LogP contribution in [0.2, 0.25) is 0 Å². The van der Waals surface area contributed by atoms with Gasteiger partial charge in [0, 0.05) is 7.11 Å². The second-order valence-corrected chi connectivity index (χ2v) is 5.42. The van der Waals surface area contributed by atoms with Crippen LogP contribution < -0.4 is 0 Å². The molecular weight excluding hydrogens is 228 g/mol. The van der Waals surface area contributed by atoms with E-state index in [0.29, 0.717) is 4.90 Å². The lowest BCUT2D eigenvalue weighted by atomic mass is 10.4. The summed E-state index contributed by atoms with van der Waals surface area (Å²) in [5, 5.41) is 0. The molecule has 1 aromatic carbocycles. The summed E-state index contributed by atoms with van der Waals surface area (Å²) in [6, 6.07) is 8.34. The van der Waals surface area contributed by atoms with Crippen LogP contribution in [0.5, 0.6) is 0 Å². The maximum Gasteiger partial charge on any atom is 0.180 e. The van der Waals surface area contributed by atoms with Crippen LogP contribution in [0.1, 0.15) is 6.92 Å². The monoisotopic (exact) mass is 244 g/mol. The van der Waals surface area contributed by atoms with Crippen LogP contribution in [0.3, 0.4) is 0 Å². The lowest BCUT2D eigenvalue weighted by Crippen LogP contribution is -2.18. The van der Waals surface area contributed by atoms with Gasteiger partial charge in [0.15, 0.2) is 16.1 Å². The first kappa shape index (κ1) is 13.2. The molecule has 0 heterocycles. The Kier molecular flexibility index (Phi) is 4.92. The molecule has 4 nitrogen and oxygen atoms in total. The molecular formula is C11H16O4S. The Morgan fingerprint density at radius 1 is 1.25 bits per heavy atom. The minimum absolute atomic E-state index is 0.0370. The standard InChI is InChI=1S/C11H16O4S/c1-10(14-2)15-8-9-16(12,13)11-6-4-3-5-7-11/h3-7,10H,8-9H2,1-2H3. The number of benzene rings is 1. The molecule has 16 heavy (non-hydrogen) atoms. The van der Waals surface area contributed by atoms with Gasteiger partial charge in [-0.1, -0.05) is 18.2 Å². The van der Waals surface area contributed by atoms with Crippen LogP contribution in [-0.2, 0) is 19.3 Å². The van der Waals surface area contributed by atoms with Gasteiger partial charge in [0.05, 0.1) is 17.3 Å². The third-order valence-electron chi connectivity index (χ3n) is 2.14. The number of hydrogen-bond donors (Lipinski definition) is 0. The Balaban J connectivity index is 2.54. The van der Waals surface area contributed by atoms with Gasteiger partial charge in [0.1, 0.15) is 0 Å². The minimum Gasteiger partial charge on any atom is -0.356 e. The normalized spacial score (nSPS) is 13.6. The summed E-state index contributed by atoms with van der Waals surface area (Å²) < 4.78 is 33.6. The van der Waals surface area contributed by atoms with Gasteiger partial charge in [-0.3, -0.25) is 0 Å². The van der Waals surface area contributed by atoms with Gasteiger partial charge in [-0.05, 0) is 19.1 Å². The van der Waals surface area contributed by atoms with Gasteiger partial charge in [-0.15, -0.1) is 0 Å². The van der Waals surface area contributed by atoms with Crippen molar-refractivity contribution < 1.29 is 17.9 Å². The van der Waals surface area contributed by atoms with E-state index in [0.717, 1.165) is 0 Å². The van der Waals surface area contributed by atoms with Gasteiger partial charge in [0.2, 0.25) is 0 Å². The van der Waals surface area contributed by atoms with Crippen molar-refractivity contribution in [3.63, 3.8) is 0 Å². The Bertz CT molecular complexity index is 399. The van der Waals surface area contributed by atoms with Crippen LogP contribution in [0, 0.1) is 0 Å². The molecule has 1 unspecified atom stereocenters. The van der Waals surface area contributed by atoms with Crippen molar-refractivity contribution >= 4 is 9.84 Å². The molecule has 0 aliphatic heterocycles. The van der Waals surface area contributed by atoms with Crippen LogP contribution in [0.25, 0.3) is 0 Å². The summed E-state index contributed by atoms with van der Waals surface area (Å²) in [7, 11) is -1.73. The molecule has 0 fully saturated rings. The number of methoxy groups -OCH3 is 1. The molecule has 0 spiro atoms. The Morgan fingerprint density at radius 2 is 1.88 bits per heavy atom. The molecule has 0 saturated heterocycles. The van der Waals surface area contributed by atoms with E-state index in [1.807, 2.05) is 0 Å². The lowest BCUT2D eigenvalue weighted by molar-refractivity contribution is -0.106. The van der Waals surface area contributed by atoms with Crippen LogP contribution >= 0.6 is 0 Å². The van der Waals surface area contributed by atoms with Gasteiger partial charge < -0.3 is 9.47 Å². The molecule has 1 atom stereocenters. The minimum atomic E-state index is -3.24. The maximum absolute atomic E-state index is 11.8. The van der Waals surface area contributed by atoms with Crippen molar-refractivity contribution in [3.8, 4) is 0 Å². The highest BCUT2D eigenvalue weighted by atomic mass is 32.2. The zero-order valence-corrected chi connectivity index (χ0v) is 10.2. The Morgan fingerprint density at radius 3 is 2.44 bits per heavy atom. The highest BCUT2D eigenvalue weighted by Gasteiger charge is 2.14. The van der Waals surface area contributed by atoms with Gasteiger partial charge in [-0.2, -0.15) is 0 Å². The first-order valence-electron chi connectivity index (χ1n) is 4.98. The molecule has 1 aromatic rings. The Labute approximate surface area is 96.1 Å². The molecule has 0 N–H and O–H groups in total. The second-order valence-electron chi connectivity index (χ2n) is 3.31. The van der Waals surface area contributed by atoms with Crippen molar-refractivity contribution in [3.05, 3.63) is 30.3 Å². The SMILES string of the molecule is COC(C)OCCS(=O)(=O)c1ccccc1. The number of sulfone groups is 1. The molecule has 0 radical (unpaired) electrons. The average molecular weight is 244 g/mol. The van der Waals surface area contributed by atoms with E-state index in [-0.39, 0.29) is 18.6 Å². The number of ether oxygens (including phenoxy) is 2. The van der Waals surface area contributed by atoms with Crippen molar-refractivity contribution in [2.75, 3.05) is 19.5 Å². The molecule has 0 bridgehead atoms. The van der Waals surface area contributed by atoms with Crippen LogP contribution in [0.15, 0.2) is 35.2 Å². The first-order valence-corrected chi connectivity index (χ1v) is 6.63. The quantitative estimate of drug-likeness (QED) is 0.711. The molecule has 5 heteroatoms. The lowest BCUT2D eigenvalue weighted by Gasteiger charge is -2.10. The topological polar surface area (TPSA) is 52.6 Å². The zero-order chi connectivity index (χ0) is 12.0. The molecule has 0 saturated carbocycles. The van der Waals surface area contributed by atoms with E-state index >= 15 is 0 Å². The third-order valence-corrected chi connectivity index (χ3v) is 3.83. The van der Waals surface area contributed by atoms with Crippen LogP contribution in [0.4, 0.5) is 0 Å². The molecule has 0 amide bonds. The first-order chi connectivity index (χ1) is 7.56. The van der Waals surface area contributed by atoms with E-state index in [9.17, 15) is 8.42 Å². The summed E-state index contributed by atoms with van der Waals surface area (Å²) >= 11 is 0. The summed E-state index contributed by atoms with van der Waals surface area (Å²) in [6.45, 7) is 1.85. The third kappa shape index (κ3) is 3.92. The average Bonchev–Trinajstić information content (AvgIpc) is 2.30. The number of hydrogen-bond acceptors (Lipinski definition) is 4. The molecule has 0 aromatic heterocycles. The van der Waals surface area contributed by atoms with E-state index in [4.69, 9.17) is 9.47 Å². The van der Waals surface area contributed by atoms with E-state index in [1.54, 1.807) is 37.3 Å². The molecule has 0 aliphatic rings. The smallest absolute Gasteiger partial charge is 0.180 e. The van der Waals surface area contributed by atoms with E-state index in [1.165, 1.54) is 7.11 Å². The van der Waals surface area contributed by atoms with Crippen molar-refractivity contribution in [2.45, 2.75) is 18.1 Å². The van der Waals surface area contributed by atoms with E-state index in [2.05, 4.69) is 0 Å². The Hall–Kier alpha value is -0.910. The maximum atomic E-state index is 11.8. The summed E-state index contributed by atoms with van der Waals surface area (Å²) in [5.41, 5.74) is 0. The summed E-state index contributed by atoms with van der Waals surface area (Å²) in [5.74, 6) is -0.0370. The van der Waals surface area contributed by atoms with Gasteiger partial charge in [0.25, 0.3) is 0 Å². The molecule has 1 rings (SSSR count). The van der Waals surface area contributed by atoms with Crippen LogP contribution in [-0.4, -0.2) is 34.2 Å². The van der Waals surface area contributed by atoms with Crippen molar-refractivity contribution in [1.82, 2.24) is 0 Å². The largest absolute Gasteiger partial charge is 0.356 e. The fourth-order valence-electron chi connectivity index (χ4n) is 1.14. The highest BCUT2D eigenvalue weighted by Crippen LogP contribution is 2.10. The summed E-state index contributed by atoms with van der Waals surface area (Å²) in [6.07, 6.45) is -0.383. The van der Waals surface area contributed by atoms with Crippen molar-refractivity contribution in [1.29, 1.82) is 0 Å². The fraction of sp³-hybridized carbons (Fsp3) is 0.455.